The van der Waals surface area contributed by atoms with Gasteiger partial charge in [-0.3, -0.25) is 15.0 Å². The number of fused-ring (bicyclic) bond motifs is 1. The van der Waals surface area contributed by atoms with Crippen molar-refractivity contribution in [1.82, 2.24) is 5.43 Å². The first-order valence-corrected chi connectivity index (χ1v) is 9.27. The molecule has 0 spiro atoms. The number of nitrogens with one attached hydrogen (secondary N) is 1. The highest BCUT2D eigenvalue weighted by molar-refractivity contribution is 6.47. The van der Waals surface area contributed by atoms with E-state index in [9.17, 15) is 14.4 Å². The summed E-state index contributed by atoms with van der Waals surface area (Å²) in [5.41, 5.74) is 5.11. The van der Waals surface area contributed by atoms with E-state index in [2.05, 4.69) is 10.5 Å². The van der Waals surface area contributed by atoms with Crippen LogP contribution in [-0.4, -0.2) is 30.6 Å². The largest absolute Gasteiger partial charge is 0.464 e. The number of hydrogen-bond acceptors (Lipinski definition) is 6. The molecule has 2 heterocycles. The van der Waals surface area contributed by atoms with Crippen LogP contribution in [0.3, 0.4) is 0 Å². The van der Waals surface area contributed by atoms with Gasteiger partial charge in [0.15, 0.2) is 11.3 Å². The van der Waals surface area contributed by atoms with Gasteiger partial charge in [0.1, 0.15) is 5.92 Å². The number of carbonyl (C=O) groups excluding carboxylic acids is 3. The van der Waals surface area contributed by atoms with Crippen molar-refractivity contribution in [1.29, 1.82) is 0 Å². The molecule has 2 aromatic rings. The Morgan fingerprint density at radius 1 is 1.10 bits per heavy atom. The number of anilines is 1. The number of nitrogens with zero attached hydrogens (tertiary/aromatic N) is 2. The summed E-state index contributed by atoms with van der Waals surface area (Å²) in [7, 11) is 1.22. The molecule has 2 amide bonds. The van der Waals surface area contributed by atoms with Crippen LogP contribution < -0.4 is 10.3 Å². The summed E-state index contributed by atoms with van der Waals surface area (Å²) in [4.78, 5) is 40.7. The maximum atomic E-state index is 13.7. The van der Waals surface area contributed by atoms with Crippen LogP contribution >= 0.6 is 0 Å². The Balaban J connectivity index is 1.92. The van der Waals surface area contributed by atoms with Crippen LogP contribution in [0.1, 0.15) is 22.3 Å². The van der Waals surface area contributed by atoms with Crippen LogP contribution in [0.15, 0.2) is 47.6 Å². The van der Waals surface area contributed by atoms with Gasteiger partial charge in [0.2, 0.25) is 5.91 Å². The summed E-state index contributed by atoms with van der Waals surface area (Å²) in [5, 5.41) is 4.05. The number of hydrazone groups is 1. The monoisotopic (exact) mass is 391 g/mol. The SMILES string of the molecule is COC(=O)C1=NNC2(c3ccc(C)cc3)C(=O)N(c3cccc(C)c3C)C(=O)C12. The number of amides is 2. The maximum Gasteiger partial charge on any atom is 0.355 e. The van der Waals surface area contributed by atoms with E-state index in [0.717, 1.165) is 21.6 Å². The molecule has 2 aliphatic rings. The van der Waals surface area contributed by atoms with E-state index in [-0.39, 0.29) is 5.71 Å². The lowest BCUT2D eigenvalue weighted by molar-refractivity contribution is -0.133. The summed E-state index contributed by atoms with van der Waals surface area (Å²) in [6.45, 7) is 5.71. The minimum Gasteiger partial charge on any atom is -0.464 e. The van der Waals surface area contributed by atoms with Gasteiger partial charge in [0.25, 0.3) is 5.91 Å². The second kappa shape index (κ2) is 6.55. The maximum absolute atomic E-state index is 13.7. The van der Waals surface area contributed by atoms with Crippen molar-refractivity contribution in [2.45, 2.75) is 26.3 Å². The van der Waals surface area contributed by atoms with Gasteiger partial charge in [-0.1, -0.05) is 42.0 Å². The summed E-state index contributed by atoms with van der Waals surface area (Å²) in [6.07, 6.45) is 0. The predicted molar refractivity (Wildman–Crippen MR) is 107 cm³/mol. The standard InChI is InChI=1S/C22H21N3O4/c1-12-8-10-15(11-9-12)22-17(18(23-24-22)20(27)29-4)19(26)25(21(22)28)16-7-5-6-13(2)14(16)3/h5-11,17,24H,1-4H3. The van der Waals surface area contributed by atoms with Gasteiger partial charge in [0, 0.05) is 0 Å². The van der Waals surface area contributed by atoms with E-state index in [1.54, 1.807) is 24.3 Å². The summed E-state index contributed by atoms with van der Waals surface area (Å²) in [6, 6.07) is 12.7. The summed E-state index contributed by atoms with van der Waals surface area (Å²) >= 11 is 0. The Morgan fingerprint density at radius 2 is 1.79 bits per heavy atom. The van der Waals surface area contributed by atoms with Crippen molar-refractivity contribution in [3.8, 4) is 0 Å². The molecule has 1 N–H and O–H groups in total. The molecule has 0 aromatic heterocycles. The van der Waals surface area contributed by atoms with Gasteiger partial charge in [0.05, 0.1) is 12.8 Å². The van der Waals surface area contributed by atoms with Gasteiger partial charge in [-0.2, -0.15) is 5.10 Å². The van der Waals surface area contributed by atoms with E-state index in [1.165, 1.54) is 7.11 Å². The quantitative estimate of drug-likeness (QED) is 0.640. The Bertz CT molecular complexity index is 1070. The summed E-state index contributed by atoms with van der Waals surface area (Å²) in [5.74, 6) is -2.81. The zero-order chi connectivity index (χ0) is 20.9. The number of esters is 1. The topological polar surface area (TPSA) is 88.1 Å². The number of benzene rings is 2. The fourth-order valence-corrected chi connectivity index (χ4v) is 4.01. The lowest BCUT2D eigenvalue weighted by Gasteiger charge is -2.27. The normalized spacial score (nSPS) is 23.0. The van der Waals surface area contributed by atoms with Crippen LogP contribution in [0.4, 0.5) is 5.69 Å². The molecule has 2 unspecified atom stereocenters. The molecule has 148 valence electrons. The average Bonchev–Trinajstić information content (AvgIpc) is 3.21. The number of aryl methyl sites for hydroxylation is 2. The molecule has 0 bridgehead atoms. The van der Waals surface area contributed by atoms with Crippen LogP contribution in [0, 0.1) is 26.7 Å². The number of imide groups is 1. The number of rotatable bonds is 3. The van der Waals surface area contributed by atoms with E-state index in [4.69, 9.17) is 4.74 Å². The molecule has 0 radical (unpaired) electrons. The predicted octanol–water partition coefficient (Wildman–Crippen LogP) is 2.13. The van der Waals surface area contributed by atoms with Crippen LogP contribution in [0.5, 0.6) is 0 Å². The first kappa shape index (κ1) is 18.9. The third kappa shape index (κ3) is 2.50. The van der Waals surface area contributed by atoms with E-state index in [1.807, 2.05) is 39.0 Å². The second-order valence-electron chi connectivity index (χ2n) is 7.41. The van der Waals surface area contributed by atoms with E-state index in [0.29, 0.717) is 11.3 Å². The fraction of sp³-hybridized carbons (Fsp3) is 0.273. The molecule has 7 heteroatoms. The van der Waals surface area contributed by atoms with Crippen LogP contribution in [-0.2, 0) is 24.7 Å². The van der Waals surface area contributed by atoms with Crippen molar-refractivity contribution in [2.24, 2.45) is 11.0 Å². The molecule has 0 aliphatic carbocycles. The third-order valence-electron chi connectivity index (χ3n) is 5.79. The van der Waals surface area contributed by atoms with Crippen molar-refractivity contribution >= 4 is 29.2 Å². The molecule has 2 atom stereocenters. The van der Waals surface area contributed by atoms with Crippen molar-refractivity contribution < 1.29 is 19.1 Å². The molecule has 29 heavy (non-hydrogen) atoms. The molecule has 1 fully saturated rings. The minimum atomic E-state index is -1.48. The smallest absolute Gasteiger partial charge is 0.355 e. The first-order valence-electron chi connectivity index (χ1n) is 9.27. The van der Waals surface area contributed by atoms with Crippen molar-refractivity contribution in [3.05, 3.63) is 64.7 Å². The number of methoxy groups -OCH3 is 1. The first-order chi connectivity index (χ1) is 13.8. The molecular formula is C22H21N3O4. The van der Waals surface area contributed by atoms with Crippen molar-refractivity contribution in [2.75, 3.05) is 12.0 Å². The molecule has 1 saturated heterocycles. The zero-order valence-corrected chi connectivity index (χ0v) is 16.6. The fourth-order valence-electron chi connectivity index (χ4n) is 4.01. The van der Waals surface area contributed by atoms with Gasteiger partial charge in [-0.05, 0) is 43.5 Å². The molecule has 2 aliphatic heterocycles. The lowest BCUT2D eigenvalue weighted by atomic mass is 9.78. The van der Waals surface area contributed by atoms with E-state index < -0.39 is 29.2 Å². The Labute approximate surface area is 168 Å². The van der Waals surface area contributed by atoms with Gasteiger partial charge in [-0.25, -0.2) is 9.69 Å². The molecule has 0 saturated carbocycles. The highest BCUT2D eigenvalue weighted by atomic mass is 16.5. The van der Waals surface area contributed by atoms with Gasteiger partial charge in [-0.15, -0.1) is 0 Å². The zero-order valence-electron chi connectivity index (χ0n) is 16.6. The van der Waals surface area contributed by atoms with E-state index >= 15 is 0 Å². The minimum absolute atomic E-state index is 0.0979. The second-order valence-corrected chi connectivity index (χ2v) is 7.41. The molecule has 4 rings (SSSR count). The lowest BCUT2D eigenvalue weighted by Crippen LogP contribution is -2.48. The van der Waals surface area contributed by atoms with Crippen LogP contribution in [0.25, 0.3) is 0 Å². The average molecular weight is 391 g/mol. The van der Waals surface area contributed by atoms with Gasteiger partial charge >= 0.3 is 5.97 Å². The number of hydrogen-bond donors (Lipinski definition) is 1. The van der Waals surface area contributed by atoms with Crippen molar-refractivity contribution in [3.63, 3.8) is 0 Å². The molecular weight excluding hydrogens is 370 g/mol. The highest BCUT2D eigenvalue weighted by Gasteiger charge is 2.67. The van der Waals surface area contributed by atoms with Crippen LogP contribution in [0.2, 0.25) is 0 Å². The number of ether oxygens (including phenoxy) is 1. The molecule has 7 nitrogen and oxygen atoms in total. The Hall–Kier alpha value is -3.48. The molecule has 2 aromatic carbocycles. The third-order valence-corrected chi connectivity index (χ3v) is 5.79. The van der Waals surface area contributed by atoms with Gasteiger partial charge < -0.3 is 4.74 Å². The Morgan fingerprint density at radius 3 is 2.45 bits per heavy atom. The highest BCUT2D eigenvalue weighted by Crippen LogP contribution is 2.45. The Kier molecular flexibility index (Phi) is 4.26. The number of carbonyl (C=O) groups is 3. The summed E-state index contributed by atoms with van der Waals surface area (Å²) < 4.78 is 4.82.